The summed E-state index contributed by atoms with van der Waals surface area (Å²) in [5.74, 6) is -2.78. The van der Waals surface area contributed by atoms with Crippen molar-refractivity contribution in [2.24, 2.45) is 11.8 Å². The number of carboxylic acids is 1. The number of aryl methyl sites for hydroxylation is 1. The maximum atomic E-state index is 13.1. The highest BCUT2D eigenvalue weighted by molar-refractivity contribution is 7.17. The van der Waals surface area contributed by atoms with Crippen LogP contribution in [0, 0.1) is 11.8 Å². The van der Waals surface area contributed by atoms with Crippen molar-refractivity contribution < 1.29 is 24.2 Å². The van der Waals surface area contributed by atoms with Crippen molar-refractivity contribution in [1.29, 1.82) is 0 Å². The fourth-order valence-corrected chi connectivity index (χ4v) is 6.36. The highest BCUT2D eigenvalue weighted by atomic mass is 32.1. The summed E-state index contributed by atoms with van der Waals surface area (Å²) in [6.07, 6.45) is 14.0. The van der Waals surface area contributed by atoms with Gasteiger partial charge in [0.2, 0.25) is 5.91 Å². The number of fused-ring (bicyclic) bond motifs is 1. The van der Waals surface area contributed by atoms with Gasteiger partial charge < -0.3 is 15.2 Å². The Kier molecular flexibility index (Phi) is 9.57. The van der Waals surface area contributed by atoms with E-state index in [-0.39, 0.29) is 18.5 Å². The number of hydrogen-bond donors (Lipinski definition) is 2. The molecular weight excluding hydrogens is 426 g/mol. The third-order valence-electron chi connectivity index (χ3n) is 6.81. The Morgan fingerprint density at radius 1 is 0.906 bits per heavy atom. The third kappa shape index (κ3) is 6.33. The fraction of sp³-hybridized carbons (Fsp3) is 0.720. The monoisotopic (exact) mass is 463 g/mol. The van der Waals surface area contributed by atoms with Crippen molar-refractivity contribution in [2.75, 3.05) is 11.9 Å². The second-order valence-corrected chi connectivity index (χ2v) is 10.2. The highest BCUT2D eigenvalue weighted by Gasteiger charge is 2.37. The maximum Gasteiger partial charge on any atom is 0.341 e. The summed E-state index contributed by atoms with van der Waals surface area (Å²) in [7, 11) is 0. The molecule has 3 rings (SSSR count). The lowest BCUT2D eigenvalue weighted by molar-refractivity contribution is -0.147. The zero-order chi connectivity index (χ0) is 22.9. The number of esters is 1. The van der Waals surface area contributed by atoms with Crippen molar-refractivity contribution >= 4 is 34.2 Å². The number of aliphatic carboxylic acids is 1. The standard InChI is InChI=1S/C25H37NO5S/c1-2-31-25(30)21-19-15-9-7-5-3-4-6-8-10-16-20(19)32-23(21)26-22(27)17-13-11-12-14-18(17)24(28)29/h17-18H,2-16H2,1H3,(H,26,27)(H,28,29)/t17-,18+/m1/s1. The number of rotatable bonds is 5. The van der Waals surface area contributed by atoms with E-state index < -0.39 is 17.8 Å². The van der Waals surface area contributed by atoms with Gasteiger partial charge in [-0.3, -0.25) is 9.59 Å². The topological polar surface area (TPSA) is 92.7 Å². The zero-order valence-corrected chi connectivity index (χ0v) is 20.1. The van der Waals surface area contributed by atoms with E-state index in [1.165, 1.54) is 48.3 Å². The van der Waals surface area contributed by atoms with Gasteiger partial charge in [-0.25, -0.2) is 4.79 Å². The van der Waals surface area contributed by atoms with Gasteiger partial charge in [0.15, 0.2) is 0 Å². The van der Waals surface area contributed by atoms with E-state index in [0.29, 0.717) is 23.4 Å². The van der Waals surface area contributed by atoms with E-state index in [4.69, 9.17) is 4.74 Å². The van der Waals surface area contributed by atoms with E-state index >= 15 is 0 Å². The van der Waals surface area contributed by atoms with Crippen LogP contribution in [0.25, 0.3) is 0 Å². The molecule has 7 heteroatoms. The predicted octanol–water partition coefficient (Wildman–Crippen LogP) is 5.97. The number of carbonyl (C=O) groups is 3. The first-order valence-electron chi connectivity index (χ1n) is 12.4. The van der Waals surface area contributed by atoms with Crippen LogP contribution in [0.1, 0.15) is 105 Å². The van der Waals surface area contributed by atoms with E-state index in [9.17, 15) is 19.5 Å². The number of carbonyl (C=O) groups excluding carboxylic acids is 2. The van der Waals surface area contributed by atoms with Gasteiger partial charge in [-0.15, -0.1) is 11.3 Å². The lowest BCUT2D eigenvalue weighted by Gasteiger charge is -2.27. The normalized spacial score (nSPS) is 22.7. The van der Waals surface area contributed by atoms with Crippen LogP contribution in [0.15, 0.2) is 0 Å². The van der Waals surface area contributed by atoms with Gasteiger partial charge in [0.1, 0.15) is 5.00 Å². The number of carboxylic acid groups (broad SMARTS) is 1. The number of thiophene rings is 1. The molecule has 1 heterocycles. The summed E-state index contributed by atoms with van der Waals surface area (Å²) in [6, 6.07) is 0. The Morgan fingerprint density at radius 2 is 1.50 bits per heavy atom. The molecule has 0 saturated heterocycles. The minimum Gasteiger partial charge on any atom is -0.481 e. The van der Waals surface area contributed by atoms with Crippen LogP contribution in [0.2, 0.25) is 0 Å². The van der Waals surface area contributed by atoms with Gasteiger partial charge in [0.05, 0.1) is 24.0 Å². The molecule has 0 unspecified atom stereocenters. The molecule has 2 aliphatic carbocycles. The molecule has 0 aromatic carbocycles. The summed E-state index contributed by atoms with van der Waals surface area (Å²) in [4.78, 5) is 38.9. The van der Waals surface area contributed by atoms with Gasteiger partial charge in [0, 0.05) is 4.88 Å². The van der Waals surface area contributed by atoms with E-state index in [1.54, 1.807) is 6.92 Å². The van der Waals surface area contributed by atoms with Gasteiger partial charge >= 0.3 is 11.9 Å². The quantitative estimate of drug-likeness (QED) is 0.525. The molecule has 32 heavy (non-hydrogen) atoms. The largest absolute Gasteiger partial charge is 0.481 e. The van der Waals surface area contributed by atoms with Crippen LogP contribution in [0.3, 0.4) is 0 Å². The molecule has 1 amide bonds. The number of amides is 1. The summed E-state index contributed by atoms with van der Waals surface area (Å²) in [6.45, 7) is 2.06. The number of ether oxygens (including phenoxy) is 1. The molecule has 0 radical (unpaired) electrons. The number of anilines is 1. The van der Waals surface area contributed by atoms with Crippen molar-refractivity contribution in [1.82, 2.24) is 0 Å². The van der Waals surface area contributed by atoms with Gasteiger partial charge in [-0.2, -0.15) is 0 Å². The van der Waals surface area contributed by atoms with E-state index in [0.717, 1.165) is 50.5 Å². The summed E-state index contributed by atoms with van der Waals surface area (Å²) in [5, 5.41) is 13.1. The summed E-state index contributed by atoms with van der Waals surface area (Å²) >= 11 is 1.49. The van der Waals surface area contributed by atoms with Crippen LogP contribution in [-0.2, 0) is 27.2 Å². The Morgan fingerprint density at radius 3 is 2.12 bits per heavy atom. The molecule has 1 fully saturated rings. The molecule has 2 N–H and O–H groups in total. The molecule has 1 saturated carbocycles. The Bertz CT molecular complexity index is 802. The minimum absolute atomic E-state index is 0.278. The van der Waals surface area contributed by atoms with Crippen molar-refractivity contribution in [2.45, 2.75) is 96.8 Å². The molecule has 1 aromatic heterocycles. The molecule has 178 valence electrons. The Hall–Kier alpha value is -1.89. The zero-order valence-electron chi connectivity index (χ0n) is 19.2. The average Bonchev–Trinajstić information content (AvgIpc) is 3.10. The van der Waals surface area contributed by atoms with Gasteiger partial charge in [-0.05, 0) is 51.0 Å². The first-order valence-corrected chi connectivity index (χ1v) is 13.2. The molecule has 1 aromatic rings. The third-order valence-corrected chi connectivity index (χ3v) is 8.01. The summed E-state index contributed by atoms with van der Waals surface area (Å²) in [5.41, 5.74) is 1.53. The maximum absolute atomic E-state index is 13.1. The Balaban J connectivity index is 1.89. The molecule has 0 spiro atoms. The molecule has 6 nitrogen and oxygen atoms in total. The smallest absolute Gasteiger partial charge is 0.341 e. The molecule has 2 aliphatic rings. The second kappa shape index (κ2) is 12.4. The van der Waals surface area contributed by atoms with Crippen LogP contribution in [0.4, 0.5) is 5.00 Å². The van der Waals surface area contributed by atoms with Crippen molar-refractivity contribution in [3.8, 4) is 0 Å². The number of nitrogens with one attached hydrogen (secondary N) is 1. The Labute approximate surface area is 195 Å². The van der Waals surface area contributed by atoms with Crippen LogP contribution in [-0.4, -0.2) is 29.6 Å². The van der Waals surface area contributed by atoms with Crippen LogP contribution >= 0.6 is 11.3 Å². The lowest BCUT2D eigenvalue weighted by atomic mass is 9.78. The first-order chi connectivity index (χ1) is 15.5. The fourth-order valence-electron chi connectivity index (χ4n) is 5.08. The molecule has 0 bridgehead atoms. The SMILES string of the molecule is CCOC(=O)c1c(NC(=O)[C@@H]2CCCC[C@@H]2C(=O)O)sc2c1CCCCCCCCCC2. The lowest BCUT2D eigenvalue weighted by Crippen LogP contribution is -2.36. The van der Waals surface area contributed by atoms with Gasteiger partial charge in [-0.1, -0.05) is 51.4 Å². The average molecular weight is 464 g/mol. The van der Waals surface area contributed by atoms with Crippen molar-refractivity contribution in [3.05, 3.63) is 16.0 Å². The minimum atomic E-state index is -0.909. The second-order valence-electron chi connectivity index (χ2n) is 9.08. The molecular formula is C25H37NO5S. The van der Waals surface area contributed by atoms with E-state index in [1.807, 2.05) is 0 Å². The van der Waals surface area contributed by atoms with E-state index in [2.05, 4.69) is 5.32 Å². The molecule has 2 atom stereocenters. The first kappa shape index (κ1) is 24.7. The van der Waals surface area contributed by atoms with Gasteiger partial charge in [0.25, 0.3) is 0 Å². The summed E-state index contributed by atoms with van der Waals surface area (Å²) < 4.78 is 5.37. The highest BCUT2D eigenvalue weighted by Crippen LogP contribution is 2.38. The van der Waals surface area contributed by atoms with Crippen LogP contribution in [0.5, 0.6) is 0 Å². The predicted molar refractivity (Wildman–Crippen MR) is 126 cm³/mol. The molecule has 0 aliphatic heterocycles. The van der Waals surface area contributed by atoms with Crippen LogP contribution < -0.4 is 5.32 Å². The number of hydrogen-bond acceptors (Lipinski definition) is 5. The van der Waals surface area contributed by atoms with Crippen molar-refractivity contribution in [3.63, 3.8) is 0 Å².